The zero-order valence-electron chi connectivity index (χ0n) is 15.7. The molecular formula is C23H18Cl3NO2. The minimum Gasteiger partial charge on any atom is -0.494 e. The standard InChI is InChI=1S/C23H18Cl3NO2/c1-2-29-18-9-10-19-20(22(28)23(24,25)26)14-27(21(19)12-18)13-15-7-8-16-5-3-4-6-17(16)11-15/h3-12,14H,2,13H2,1H3. The number of nitrogens with zero attached hydrogens (tertiary/aromatic N) is 1. The van der Waals surface area contributed by atoms with E-state index in [1.807, 2.05) is 41.8 Å². The predicted octanol–water partition coefficient (Wildman–Crippen LogP) is 6.79. The summed E-state index contributed by atoms with van der Waals surface area (Å²) < 4.78 is 5.62. The SMILES string of the molecule is CCOc1ccc2c(C(=O)C(Cl)(Cl)Cl)cn(Cc3ccc4ccccc4c3)c2c1. The Morgan fingerprint density at radius 2 is 1.76 bits per heavy atom. The van der Waals surface area contributed by atoms with Crippen molar-refractivity contribution in [2.24, 2.45) is 0 Å². The van der Waals surface area contributed by atoms with E-state index < -0.39 is 9.58 Å². The Morgan fingerprint density at radius 1 is 1.00 bits per heavy atom. The number of carbonyl (C=O) groups is 1. The van der Waals surface area contributed by atoms with Gasteiger partial charge in [0.25, 0.3) is 3.79 Å². The third-order valence-corrected chi connectivity index (χ3v) is 5.35. The molecule has 148 valence electrons. The van der Waals surface area contributed by atoms with Gasteiger partial charge in [-0.05, 0) is 41.5 Å². The van der Waals surface area contributed by atoms with Crippen molar-refractivity contribution in [3.8, 4) is 5.75 Å². The first-order valence-corrected chi connectivity index (χ1v) is 10.3. The first kappa shape index (κ1) is 20.1. The van der Waals surface area contributed by atoms with Crippen LogP contribution in [-0.4, -0.2) is 20.7 Å². The quantitative estimate of drug-likeness (QED) is 0.249. The Kier molecular flexibility index (Phi) is 5.48. The van der Waals surface area contributed by atoms with Crippen molar-refractivity contribution >= 4 is 62.3 Å². The van der Waals surface area contributed by atoms with Crippen LogP contribution in [0.4, 0.5) is 0 Å². The Balaban J connectivity index is 1.82. The summed E-state index contributed by atoms with van der Waals surface area (Å²) in [6.45, 7) is 3.05. The highest BCUT2D eigenvalue weighted by atomic mass is 35.6. The number of alkyl halides is 3. The lowest BCUT2D eigenvalue weighted by Crippen LogP contribution is -2.18. The number of Topliss-reactive ketones (excluding diaryl/α,β-unsaturated/α-hetero) is 1. The van der Waals surface area contributed by atoms with Gasteiger partial charge in [0.1, 0.15) is 5.75 Å². The maximum absolute atomic E-state index is 12.7. The number of ketones is 1. The summed E-state index contributed by atoms with van der Waals surface area (Å²) in [5, 5.41) is 3.07. The summed E-state index contributed by atoms with van der Waals surface area (Å²) in [5.74, 6) is 0.180. The summed E-state index contributed by atoms with van der Waals surface area (Å²) in [6, 6.07) is 20.1. The molecule has 0 atom stereocenters. The van der Waals surface area contributed by atoms with Crippen molar-refractivity contribution < 1.29 is 9.53 Å². The molecule has 0 spiro atoms. The third-order valence-electron chi connectivity index (χ3n) is 4.83. The van der Waals surface area contributed by atoms with Gasteiger partial charge in [0, 0.05) is 29.8 Å². The average molecular weight is 447 g/mol. The molecule has 0 saturated heterocycles. The summed E-state index contributed by atoms with van der Waals surface area (Å²) in [4.78, 5) is 12.7. The molecule has 3 aromatic carbocycles. The molecule has 0 aliphatic heterocycles. The van der Waals surface area contributed by atoms with E-state index in [0.717, 1.165) is 27.6 Å². The third kappa shape index (κ3) is 4.09. The van der Waals surface area contributed by atoms with E-state index in [1.165, 1.54) is 5.39 Å². The van der Waals surface area contributed by atoms with Gasteiger partial charge >= 0.3 is 0 Å². The van der Waals surface area contributed by atoms with Crippen molar-refractivity contribution in [1.82, 2.24) is 4.57 Å². The molecule has 1 heterocycles. The number of benzene rings is 3. The smallest absolute Gasteiger partial charge is 0.253 e. The van der Waals surface area contributed by atoms with Crippen molar-refractivity contribution in [2.45, 2.75) is 17.3 Å². The van der Waals surface area contributed by atoms with Gasteiger partial charge < -0.3 is 9.30 Å². The lowest BCUT2D eigenvalue weighted by Gasteiger charge is -2.09. The molecule has 4 rings (SSSR count). The van der Waals surface area contributed by atoms with Crippen molar-refractivity contribution in [1.29, 1.82) is 0 Å². The van der Waals surface area contributed by atoms with Crippen LogP contribution in [0.3, 0.4) is 0 Å². The first-order valence-electron chi connectivity index (χ1n) is 9.21. The van der Waals surface area contributed by atoms with Gasteiger partial charge in [-0.2, -0.15) is 0 Å². The second-order valence-electron chi connectivity index (χ2n) is 6.79. The largest absolute Gasteiger partial charge is 0.494 e. The molecule has 6 heteroatoms. The molecule has 0 aliphatic carbocycles. The van der Waals surface area contributed by atoms with Crippen molar-refractivity contribution in [2.75, 3.05) is 6.61 Å². The molecule has 0 saturated carbocycles. The summed E-state index contributed by atoms with van der Waals surface area (Å²) in [6.07, 6.45) is 1.75. The Morgan fingerprint density at radius 3 is 2.48 bits per heavy atom. The highest BCUT2D eigenvalue weighted by Crippen LogP contribution is 2.35. The topological polar surface area (TPSA) is 31.2 Å². The summed E-state index contributed by atoms with van der Waals surface area (Å²) in [5.41, 5.74) is 2.33. The Hall–Kier alpha value is -2.20. The molecular weight excluding hydrogens is 429 g/mol. The number of hydrogen-bond acceptors (Lipinski definition) is 2. The minimum atomic E-state index is -2.01. The van der Waals surface area contributed by atoms with E-state index in [-0.39, 0.29) is 0 Å². The van der Waals surface area contributed by atoms with E-state index in [0.29, 0.717) is 18.7 Å². The fourth-order valence-corrected chi connectivity index (χ4v) is 3.83. The molecule has 0 N–H and O–H groups in total. The monoisotopic (exact) mass is 445 g/mol. The number of rotatable bonds is 5. The molecule has 0 radical (unpaired) electrons. The minimum absolute atomic E-state index is 0.379. The highest BCUT2D eigenvalue weighted by molar-refractivity contribution is 6.77. The van der Waals surface area contributed by atoms with E-state index >= 15 is 0 Å². The Labute approximate surface area is 183 Å². The number of ether oxygens (including phenoxy) is 1. The molecule has 0 unspecified atom stereocenters. The lowest BCUT2D eigenvalue weighted by molar-refractivity contribution is 0.0997. The fraction of sp³-hybridized carbons (Fsp3) is 0.174. The van der Waals surface area contributed by atoms with E-state index in [4.69, 9.17) is 39.5 Å². The highest BCUT2D eigenvalue weighted by Gasteiger charge is 2.34. The normalized spacial score (nSPS) is 11.9. The van der Waals surface area contributed by atoms with Crippen LogP contribution < -0.4 is 4.74 Å². The van der Waals surface area contributed by atoms with Crippen molar-refractivity contribution in [3.05, 3.63) is 78.0 Å². The van der Waals surface area contributed by atoms with Crippen LogP contribution in [0.25, 0.3) is 21.7 Å². The van der Waals surface area contributed by atoms with E-state index in [1.54, 1.807) is 6.20 Å². The van der Waals surface area contributed by atoms with E-state index in [2.05, 4.69) is 30.3 Å². The molecule has 0 aliphatic rings. The van der Waals surface area contributed by atoms with Crippen LogP contribution in [0.2, 0.25) is 0 Å². The zero-order chi connectivity index (χ0) is 20.6. The molecule has 0 fully saturated rings. The number of hydrogen-bond donors (Lipinski definition) is 0. The average Bonchev–Trinajstić information content (AvgIpc) is 3.04. The maximum atomic E-state index is 12.7. The van der Waals surface area contributed by atoms with Gasteiger partial charge in [-0.3, -0.25) is 4.79 Å². The maximum Gasteiger partial charge on any atom is 0.253 e. The molecule has 29 heavy (non-hydrogen) atoms. The van der Waals surface area contributed by atoms with Gasteiger partial charge in [0.2, 0.25) is 5.78 Å². The number of halogens is 3. The zero-order valence-corrected chi connectivity index (χ0v) is 17.9. The summed E-state index contributed by atoms with van der Waals surface area (Å²) >= 11 is 17.6. The van der Waals surface area contributed by atoms with Gasteiger partial charge in [0.15, 0.2) is 0 Å². The number of fused-ring (bicyclic) bond motifs is 2. The van der Waals surface area contributed by atoms with Crippen LogP contribution in [0.5, 0.6) is 5.75 Å². The first-order chi connectivity index (χ1) is 13.9. The Bertz CT molecular complexity index is 1210. The van der Waals surface area contributed by atoms with Crippen LogP contribution in [-0.2, 0) is 6.54 Å². The van der Waals surface area contributed by atoms with Gasteiger partial charge in [-0.25, -0.2) is 0 Å². The van der Waals surface area contributed by atoms with Crippen molar-refractivity contribution in [3.63, 3.8) is 0 Å². The second kappa shape index (κ2) is 7.91. The molecule has 1 aromatic heterocycles. The van der Waals surface area contributed by atoms with E-state index in [9.17, 15) is 4.79 Å². The van der Waals surface area contributed by atoms with Gasteiger partial charge in [-0.15, -0.1) is 0 Å². The number of carbonyl (C=O) groups excluding carboxylic acids is 1. The molecule has 0 bridgehead atoms. The molecule has 4 aromatic rings. The van der Waals surface area contributed by atoms with Gasteiger partial charge in [-0.1, -0.05) is 71.2 Å². The summed E-state index contributed by atoms with van der Waals surface area (Å²) in [7, 11) is 0. The van der Waals surface area contributed by atoms with Crippen LogP contribution in [0, 0.1) is 0 Å². The molecule has 0 amide bonds. The van der Waals surface area contributed by atoms with Gasteiger partial charge in [0.05, 0.1) is 12.1 Å². The number of aromatic nitrogens is 1. The fourth-order valence-electron chi connectivity index (χ4n) is 3.53. The molecule has 3 nitrogen and oxygen atoms in total. The van der Waals surface area contributed by atoms with Crippen LogP contribution >= 0.6 is 34.8 Å². The lowest BCUT2D eigenvalue weighted by atomic mass is 10.1. The van der Waals surface area contributed by atoms with Crippen LogP contribution in [0.1, 0.15) is 22.8 Å². The predicted molar refractivity (Wildman–Crippen MR) is 121 cm³/mol. The van der Waals surface area contributed by atoms with Crippen LogP contribution in [0.15, 0.2) is 66.9 Å². The second-order valence-corrected chi connectivity index (χ2v) is 9.07.